The smallest absolute Gasteiger partial charge is 0.326 e. The summed E-state index contributed by atoms with van der Waals surface area (Å²) in [5.74, 6) is -14.7. The summed E-state index contributed by atoms with van der Waals surface area (Å²) in [5.41, 5.74) is 12.9. The molecule has 0 aliphatic carbocycles. The molecule has 1 aliphatic rings. The molecule has 1 aliphatic heterocycles. The molecule has 0 bridgehead atoms. The lowest BCUT2D eigenvalue weighted by Crippen LogP contribution is -2.62. The first-order chi connectivity index (χ1) is 52.5. The molecule has 2 aromatic carbocycles. The number of nitrogens with two attached hydrogens (primary N) is 2. The van der Waals surface area contributed by atoms with Crippen LogP contribution in [0.5, 0.6) is 0 Å². The zero-order valence-electron chi connectivity index (χ0n) is 64.9. The van der Waals surface area contributed by atoms with Crippen LogP contribution in [0.4, 0.5) is 0 Å². The Labute approximate surface area is 647 Å². The SMILES string of the molecule is CC[C@H](C)[C@H](NC(=O)[C@H](CCC(N)=O)NC(=O)[C@@H]1CCCN1C(=O)CCCCCCCCCCCCC(=O)N[C@@H](CO)C(=O)N[C@H](C(=O)N[C@@H](CC(C)C)C(=O)N[C@@H](CC(N)=O)C(=O)N[C@@H](Cc1ccccc1)C(=O)O)C(C)O)C(=O)N[C@H](C(=O)N[C@@H](CC(C)C)C(=O)N[C@@H](Cc1c[nH]c2ccccc12)C(=O)O)[C@@H](C)O. The third-order valence-electron chi connectivity index (χ3n) is 19.3. The van der Waals surface area contributed by atoms with E-state index < -0.39 is 180 Å². The minimum Gasteiger partial charge on any atom is -0.480 e. The number of aliphatic hydroxyl groups is 3. The van der Waals surface area contributed by atoms with Crippen LogP contribution in [0.25, 0.3) is 10.9 Å². The van der Waals surface area contributed by atoms with Crippen LogP contribution in [0.1, 0.15) is 195 Å². The molecule has 14 atom stereocenters. The summed E-state index contributed by atoms with van der Waals surface area (Å²) in [4.78, 5) is 204. The molecular formula is C77H118N14O20. The average Bonchev–Trinajstić information content (AvgIpc) is 1.74. The molecule has 1 fully saturated rings. The van der Waals surface area contributed by atoms with E-state index in [-0.39, 0.29) is 69.1 Å². The number of likely N-dealkylation sites (tertiary alicyclic amines) is 1. The first-order valence-electron chi connectivity index (χ1n) is 38.5. The van der Waals surface area contributed by atoms with Crippen molar-refractivity contribution < 1.29 is 97.5 Å². The fourth-order valence-electron chi connectivity index (χ4n) is 12.9. The van der Waals surface area contributed by atoms with Gasteiger partial charge >= 0.3 is 11.9 Å². The van der Waals surface area contributed by atoms with Crippen molar-refractivity contribution >= 4 is 99.6 Å². The van der Waals surface area contributed by atoms with Gasteiger partial charge in [0.25, 0.3) is 0 Å². The number of nitrogens with zero attached hydrogens (tertiary/aromatic N) is 1. The van der Waals surface area contributed by atoms with E-state index in [9.17, 15) is 97.5 Å². The number of aromatic nitrogens is 1. The van der Waals surface area contributed by atoms with Crippen LogP contribution in [0.2, 0.25) is 0 Å². The van der Waals surface area contributed by atoms with E-state index in [0.29, 0.717) is 56.2 Å². The summed E-state index contributed by atoms with van der Waals surface area (Å²) >= 11 is 0. The number of carboxylic acids is 2. The predicted molar refractivity (Wildman–Crippen MR) is 408 cm³/mol. The fourth-order valence-corrected chi connectivity index (χ4v) is 12.9. The van der Waals surface area contributed by atoms with E-state index >= 15 is 0 Å². The largest absolute Gasteiger partial charge is 0.480 e. The molecule has 13 amide bonds. The number of primary amides is 2. The number of carbonyl (C=O) groups excluding carboxylic acids is 13. The van der Waals surface area contributed by atoms with Crippen molar-refractivity contribution in [3.63, 3.8) is 0 Å². The quantitative estimate of drug-likeness (QED) is 0.0345. The zero-order chi connectivity index (χ0) is 82.6. The van der Waals surface area contributed by atoms with Crippen LogP contribution in [0.3, 0.4) is 0 Å². The highest BCUT2D eigenvalue weighted by atomic mass is 16.4. The summed E-state index contributed by atoms with van der Waals surface area (Å²) in [5, 5.41) is 77.3. The molecule has 616 valence electrons. The molecule has 20 N–H and O–H groups in total. The standard InChI is InChI=1S/C77H118N14O20/c1-9-45(6)64(73(105)90-66(47(8)94)75(107)85-54(37-44(4)5)69(101)87-57(77(110)111)39-49-41-80-51-29-24-23-28-50(49)51)88-67(99)52(33-34-60(78)95)82-72(104)59-30-25-35-91(59)63(98)32-22-17-15-13-11-10-12-14-16-21-31-62(97)81-58(42-92)71(103)89-65(46(7)93)74(106)84-53(36-43(2)3)68(100)83-55(40-61(79)96)70(102)86-56(76(108)109)38-48-26-19-18-20-27-48/h18-20,23-24,26-29,41,43-47,52-59,64-66,80,92-94H,9-17,21-22,25,30-40,42H2,1-8H3,(H2,78,95)(H2,79,96)(H,81,97)(H,82,104)(H,83,100)(H,84,106)(H,85,107)(H,86,102)(H,87,101)(H,88,99)(H,89,103)(H,90,105)(H,108,109)(H,110,111)/t45-,46?,47+,52-,53-,54-,55-,56-,57-,58-,59-,64-,65-,66-/m0/s1. The van der Waals surface area contributed by atoms with Crippen molar-refractivity contribution in [2.45, 2.75) is 275 Å². The van der Waals surface area contributed by atoms with Crippen LogP contribution >= 0.6 is 0 Å². The molecule has 1 saturated heterocycles. The van der Waals surface area contributed by atoms with Gasteiger partial charge in [-0.3, -0.25) is 62.3 Å². The Bertz CT molecular complexity index is 3610. The second kappa shape index (κ2) is 47.9. The van der Waals surface area contributed by atoms with Gasteiger partial charge in [-0.15, -0.1) is 0 Å². The van der Waals surface area contributed by atoms with Crippen LogP contribution in [0, 0.1) is 17.8 Å². The topological polar surface area (TPSA) is 549 Å². The second-order valence-corrected chi connectivity index (χ2v) is 29.6. The molecule has 0 saturated carbocycles. The monoisotopic (exact) mass is 1560 g/mol. The molecule has 34 heteroatoms. The normalized spacial score (nSPS) is 16.3. The van der Waals surface area contributed by atoms with Gasteiger partial charge in [0.05, 0.1) is 25.2 Å². The van der Waals surface area contributed by atoms with Gasteiger partial charge < -0.3 is 100 Å². The number of carboxylic acid groups (broad SMARTS) is 2. The lowest BCUT2D eigenvalue weighted by atomic mass is 9.96. The van der Waals surface area contributed by atoms with Crippen molar-refractivity contribution in [1.82, 2.24) is 63.1 Å². The number of nitrogens with one attached hydrogen (secondary N) is 11. The Morgan fingerprint density at radius 3 is 1.44 bits per heavy atom. The van der Waals surface area contributed by atoms with E-state index in [1.54, 1.807) is 84.1 Å². The van der Waals surface area contributed by atoms with Crippen molar-refractivity contribution in [2.24, 2.45) is 29.2 Å². The summed E-state index contributed by atoms with van der Waals surface area (Å²) in [6, 6.07) is -0.263. The number of aliphatic hydroxyl groups excluding tert-OH is 3. The minimum atomic E-state index is -1.72. The number of amides is 13. The van der Waals surface area contributed by atoms with Crippen LogP contribution in [0.15, 0.2) is 60.8 Å². The Hall–Kier alpha value is -10.1. The number of H-pyrrole nitrogens is 1. The zero-order valence-corrected chi connectivity index (χ0v) is 64.9. The Balaban J connectivity index is 1.20. The molecule has 111 heavy (non-hydrogen) atoms. The molecule has 0 spiro atoms. The van der Waals surface area contributed by atoms with Crippen LogP contribution < -0.4 is 64.6 Å². The van der Waals surface area contributed by atoms with Gasteiger partial charge in [-0.2, -0.15) is 0 Å². The predicted octanol–water partition coefficient (Wildman–Crippen LogP) is 0.676. The molecule has 1 aromatic heterocycles. The maximum Gasteiger partial charge on any atom is 0.326 e. The van der Waals surface area contributed by atoms with Gasteiger partial charge in [0.2, 0.25) is 76.8 Å². The summed E-state index contributed by atoms with van der Waals surface area (Å²) in [6.45, 7) is 12.2. The van der Waals surface area contributed by atoms with Gasteiger partial charge in [-0.05, 0) is 93.7 Å². The van der Waals surface area contributed by atoms with Gasteiger partial charge in [-0.1, -0.05) is 148 Å². The van der Waals surface area contributed by atoms with Gasteiger partial charge in [0, 0.05) is 55.7 Å². The molecule has 34 nitrogen and oxygen atoms in total. The summed E-state index contributed by atoms with van der Waals surface area (Å²) in [7, 11) is 0. The lowest BCUT2D eigenvalue weighted by molar-refractivity contribution is -0.143. The summed E-state index contributed by atoms with van der Waals surface area (Å²) in [6.07, 6.45) is 5.91. The molecule has 3 aromatic rings. The van der Waals surface area contributed by atoms with Crippen molar-refractivity contribution in [3.8, 4) is 0 Å². The van der Waals surface area contributed by atoms with Crippen LogP contribution in [-0.4, -0.2) is 216 Å². The van der Waals surface area contributed by atoms with E-state index in [4.69, 9.17) is 11.5 Å². The third kappa shape index (κ3) is 32.4. The van der Waals surface area contributed by atoms with E-state index in [2.05, 4.69) is 58.2 Å². The number of benzene rings is 2. The Morgan fingerprint density at radius 2 is 0.937 bits per heavy atom. The summed E-state index contributed by atoms with van der Waals surface area (Å²) < 4.78 is 0. The first-order valence-corrected chi connectivity index (χ1v) is 38.5. The van der Waals surface area contributed by atoms with E-state index in [1.165, 1.54) is 18.7 Å². The maximum atomic E-state index is 14.2. The van der Waals surface area contributed by atoms with E-state index in [1.807, 2.05) is 18.2 Å². The highest BCUT2D eigenvalue weighted by Gasteiger charge is 2.40. The highest BCUT2D eigenvalue weighted by molar-refractivity contribution is 6.00. The number of aliphatic carboxylic acids is 2. The van der Waals surface area contributed by atoms with Crippen LogP contribution in [-0.2, 0) is 84.8 Å². The molecule has 2 heterocycles. The number of fused-ring (bicyclic) bond motifs is 1. The van der Waals surface area contributed by atoms with Crippen molar-refractivity contribution in [2.75, 3.05) is 13.2 Å². The minimum absolute atomic E-state index is 0.00832. The fraction of sp³-hybridized carbons (Fsp3) is 0.623. The van der Waals surface area contributed by atoms with Gasteiger partial charge in [0.1, 0.15) is 66.5 Å². The molecular weight excluding hydrogens is 1440 g/mol. The number of aromatic amines is 1. The Kier molecular flexibility index (Phi) is 40.2. The molecule has 4 rings (SSSR count). The van der Waals surface area contributed by atoms with Gasteiger partial charge in [0.15, 0.2) is 0 Å². The number of carbonyl (C=O) groups is 15. The maximum absolute atomic E-state index is 14.2. The Morgan fingerprint density at radius 1 is 0.486 bits per heavy atom. The number of para-hydroxylation sites is 1. The second-order valence-electron chi connectivity index (χ2n) is 29.6. The number of rotatable bonds is 52. The van der Waals surface area contributed by atoms with E-state index in [0.717, 1.165) is 55.8 Å². The van der Waals surface area contributed by atoms with Gasteiger partial charge in [-0.25, -0.2) is 9.59 Å². The number of hydrogen-bond donors (Lipinski definition) is 18. The van der Waals surface area contributed by atoms with Crippen molar-refractivity contribution in [3.05, 3.63) is 71.9 Å². The number of unbranched alkanes of at least 4 members (excludes halogenated alkanes) is 9. The molecule has 0 radical (unpaired) electrons. The first kappa shape index (κ1) is 93.3. The van der Waals surface area contributed by atoms with Crippen molar-refractivity contribution in [1.29, 1.82) is 0 Å². The third-order valence-corrected chi connectivity index (χ3v) is 19.3. The highest BCUT2D eigenvalue weighted by Crippen LogP contribution is 2.23. The lowest BCUT2D eigenvalue weighted by Gasteiger charge is -2.30. The average molecular weight is 1560 g/mol. The number of hydrogen-bond acceptors (Lipinski definition) is 18. The molecule has 1 unspecified atom stereocenters.